The van der Waals surface area contributed by atoms with Gasteiger partial charge >= 0.3 is 5.97 Å². The van der Waals surface area contributed by atoms with Crippen LogP contribution in [0, 0.1) is 5.92 Å². The molecule has 0 rings (SSSR count). The largest absolute Gasteiger partial charge is 0.462 e. The third-order valence-electron chi connectivity index (χ3n) is 2.31. The predicted octanol–water partition coefficient (Wildman–Crippen LogP) is 3.32. The maximum atomic E-state index is 10.4. The molecule has 0 heterocycles. The highest BCUT2D eigenvalue weighted by molar-refractivity contribution is 5.65. The van der Waals surface area contributed by atoms with E-state index >= 15 is 0 Å². The second-order valence-corrected chi connectivity index (χ2v) is 3.72. The van der Waals surface area contributed by atoms with Crippen molar-refractivity contribution in [2.24, 2.45) is 5.92 Å². The van der Waals surface area contributed by atoms with E-state index in [2.05, 4.69) is 19.9 Å². The molecular weight excluding hydrogens is 176 g/mol. The molecule has 2 heteroatoms. The highest BCUT2D eigenvalue weighted by Gasteiger charge is 1.96. The molecular formula is C12H22O2. The summed E-state index contributed by atoms with van der Waals surface area (Å²) in [6.45, 7) is 6.35. The van der Waals surface area contributed by atoms with Crippen LogP contribution in [0.2, 0.25) is 0 Å². The number of carbonyl (C=O) groups excluding carboxylic acids is 1. The summed E-state index contributed by atoms with van der Waals surface area (Å²) >= 11 is 0. The molecule has 0 saturated carbocycles. The second kappa shape index (κ2) is 8.79. The van der Waals surface area contributed by atoms with Crippen LogP contribution >= 0.6 is 0 Å². The van der Waals surface area contributed by atoms with Crippen LogP contribution < -0.4 is 0 Å². The quantitative estimate of drug-likeness (QED) is 0.356. The number of carbonyl (C=O) groups is 1. The maximum Gasteiger partial charge on any atom is 0.302 e. The van der Waals surface area contributed by atoms with E-state index in [0.717, 1.165) is 12.3 Å². The molecule has 0 aliphatic carbocycles. The summed E-state index contributed by atoms with van der Waals surface area (Å²) in [6, 6.07) is 0. The van der Waals surface area contributed by atoms with Crippen LogP contribution in [0.25, 0.3) is 0 Å². The smallest absolute Gasteiger partial charge is 0.302 e. The Morgan fingerprint density at radius 2 is 2.14 bits per heavy atom. The van der Waals surface area contributed by atoms with E-state index in [4.69, 9.17) is 4.74 Å². The number of hydrogen-bond acceptors (Lipinski definition) is 2. The van der Waals surface area contributed by atoms with Gasteiger partial charge in [0.2, 0.25) is 0 Å². The first-order chi connectivity index (χ1) is 6.66. The summed E-state index contributed by atoms with van der Waals surface area (Å²) in [5.74, 6) is 0.617. The van der Waals surface area contributed by atoms with E-state index in [0.29, 0.717) is 6.61 Å². The lowest BCUT2D eigenvalue weighted by molar-refractivity contribution is -0.139. The molecule has 0 bridgehead atoms. The van der Waals surface area contributed by atoms with Crippen molar-refractivity contribution in [1.82, 2.24) is 0 Å². The van der Waals surface area contributed by atoms with Crippen LogP contribution in [0.5, 0.6) is 0 Å². The standard InChI is InChI=1S/C12H22O2/c1-4-11(2)9-7-5-6-8-10-14-12(3)13/h6,8,11H,4-5,7,9-10H2,1-3H3/b8-6+. The molecule has 14 heavy (non-hydrogen) atoms. The molecule has 82 valence electrons. The fraction of sp³-hybridized carbons (Fsp3) is 0.750. The minimum Gasteiger partial charge on any atom is -0.462 e. The molecule has 0 aromatic rings. The minimum atomic E-state index is -0.214. The van der Waals surface area contributed by atoms with Gasteiger partial charge in [-0.1, -0.05) is 38.8 Å². The van der Waals surface area contributed by atoms with Gasteiger partial charge in [0.1, 0.15) is 6.61 Å². The normalized spacial score (nSPS) is 13.1. The van der Waals surface area contributed by atoms with Gasteiger partial charge in [-0.3, -0.25) is 4.79 Å². The maximum absolute atomic E-state index is 10.4. The van der Waals surface area contributed by atoms with Gasteiger partial charge in [-0.05, 0) is 18.8 Å². The monoisotopic (exact) mass is 198 g/mol. The van der Waals surface area contributed by atoms with Crippen molar-refractivity contribution in [1.29, 1.82) is 0 Å². The first-order valence-corrected chi connectivity index (χ1v) is 5.45. The summed E-state index contributed by atoms with van der Waals surface area (Å²) in [5.41, 5.74) is 0. The molecule has 1 atom stereocenters. The van der Waals surface area contributed by atoms with Gasteiger partial charge in [0.05, 0.1) is 0 Å². The zero-order chi connectivity index (χ0) is 10.8. The highest BCUT2D eigenvalue weighted by Crippen LogP contribution is 2.10. The van der Waals surface area contributed by atoms with E-state index in [1.165, 1.54) is 26.2 Å². The third-order valence-corrected chi connectivity index (χ3v) is 2.31. The lowest BCUT2D eigenvalue weighted by Gasteiger charge is -2.05. The zero-order valence-electron chi connectivity index (χ0n) is 9.58. The third kappa shape index (κ3) is 9.30. The number of hydrogen-bond donors (Lipinski definition) is 0. The van der Waals surface area contributed by atoms with E-state index in [-0.39, 0.29) is 5.97 Å². The first kappa shape index (κ1) is 13.2. The molecule has 0 N–H and O–H groups in total. The van der Waals surface area contributed by atoms with Crippen LogP contribution in [0.4, 0.5) is 0 Å². The fourth-order valence-corrected chi connectivity index (χ4v) is 1.14. The first-order valence-electron chi connectivity index (χ1n) is 5.45. The predicted molar refractivity (Wildman–Crippen MR) is 59.1 cm³/mol. The van der Waals surface area contributed by atoms with E-state index < -0.39 is 0 Å². The topological polar surface area (TPSA) is 26.3 Å². The highest BCUT2D eigenvalue weighted by atomic mass is 16.5. The molecule has 0 saturated heterocycles. The summed E-state index contributed by atoms with van der Waals surface area (Å²) in [7, 11) is 0. The molecule has 0 spiro atoms. The van der Waals surface area contributed by atoms with Gasteiger partial charge in [-0.15, -0.1) is 0 Å². The van der Waals surface area contributed by atoms with E-state index in [1.807, 2.05) is 6.08 Å². The Labute approximate surface area is 87.3 Å². The molecule has 0 aromatic heterocycles. The summed E-state index contributed by atoms with van der Waals surface area (Å²) in [5, 5.41) is 0. The van der Waals surface area contributed by atoms with Gasteiger partial charge in [0.25, 0.3) is 0 Å². The molecule has 0 radical (unpaired) electrons. The average molecular weight is 198 g/mol. The van der Waals surface area contributed by atoms with Crippen molar-refractivity contribution in [2.75, 3.05) is 6.61 Å². The Hall–Kier alpha value is -0.790. The lowest BCUT2D eigenvalue weighted by Crippen LogP contribution is -1.97. The molecule has 2 nitrogen and oxygen atoms in total. The van der Waals surface area contributed by atoms with Crippen molar-refractivity contribution in [3.8, 4) is 0 Å². The van der Waals surface area contributed by atoms with Crippen LogP contribution in [0.15, 0.2) is 12.2 Å². The summed E-state index contributed by atoms with van der Waals surface area (Å²) in [4.78, 5) is 10.4. The van der Waals surface area contributed by atoms with Gasteiger partial charge < -0.3 is 4.74 Å². The molecule has 0 aliphatic heterocycles. The Balaban J connectivity index is 3.23. The van der Waals surface area contributed by atoms with Crippen LogP contribution in [0.3, 0.4) is 0 Å². The van der Waals surface area contributed by atoms with Crippen molar-refractivity contribution >= 4 is 5.97 Å². The van der Waals surface area contributed by atoms with Gasteiger partial charge in [-0.25, -0.2) is 0 Å². The van der Waals surface area contributed by atoms with Crippen LogP contribution in [-0.4, -0.2) is 12.6 Å². The van der Waals surface area contributed by atoms with E-state index in [9.17, 15) is 4.79 Å². The van der Waals surface area contributed by atoms with Gasteiger partial charge in [0.15, 0.2) is 0 Å². The Morgan fingerprint density at radius 1 is 1.43 bits per heavy atom. The van der Waals surface area contributed by atoms with Crippen molar-refractivity contribution in [3.05, 3.63) is 12.2 Å². The fourth-order valence-electron chi connectivity index (χ4n) is 1.14. The zero-order valence-corrected chi connectivity index (χ0v) is 9.58. The number of rotatable bonds is 7. The number of unbranched alkanes of at least 4 members (excludes halogenated alkanes) is 1. The SMILES string of the molecule is CCC(C)CCC/C=C/COC(C)=O. The summed E-state index contributed by atoms with van der Waals surface area (Å²) < 4.78 is 4.76. The Bertz CT molecular complexity index is 173. The Kier molecular flexibility index (Phi) is 8.30. The molecule has 0 amide bonds. The number of esters is 1. The average Bonchev–Trinajstić information content (AvgIpc) is 2.15. The van der Waals surface area contributed by atoms with Crippen molar-refractivity contribution < 1.29 is 9.53 Å². The second-order valence-electron chi connectivity index (χ2n) is 3.72. The molecule has 1 unspecified atom stereocenters. The van der Waals surface area contributed by atoms with E-state index in [1.54, 1.807) is 0 Å². The van der Waals surface area contributed by atoms with Crippen molar-refractivity contribution in [3.63, 3.8) is 0 Å². The van der Waals surface area contributed by atoms with Crippen molar-refractivity contribution in [2.45, 2.75) is 46.5 Å². The van der Waals surface area contributed by atoms with Crippen LogP contribution in [-0.2, 0) is 9.53 Å². The minimum absolute atomic E-state index is 0.214. The summed E-state index contributed by atoms with van der Waals surface area (Å²) in [6.07, 6.45) is 8.87. The van der Waals surface area contributed by atoms with Gasteiger partial charge in [0, 0.05) is 6.92 Å². The Morgan fingerprint density at radius 3 is 2.71 bits per heavy atom. The molecule has 0 aliphatic rings. The van der Waals surface area contributed by atoms with Crippen LogP contribution in [0.1, 0.15) is 46.5 Å². The molecule has 0 fully saturated rings. The number of ether oxygens (including phenoxy) is 1. The lowest BCUT2D eigenvalue weighted by atomic mass is 10.0. The van der Waals surface area contributed by atoms with Gasteiger partial charge in [-0.2, -0.15) is 0 Å². The number of allylic oxidation sites excluding steroid dienone is 1. The molecule has 0 aromatic carbocycles.